The molecule has 0 aliphatic heterocycles. The average molecular weight is 360 g/mol. The fraction of sp³-hybridized carbons (Fsp3) is 0.217. The summed E-state index contributed by atoms with van der Waals surface area (Å²) < 4.78 is 6.22. The van der Waals surface area contributed by atoms with Crippen LogP contribution in [0.5, 0.6) is 5.75 Å². The molecular weight excluding hydrogens is 336 g/mol. The molecule has 4 heteroatoms. The van der Waals surface area contributed by atoms with Gasteiger partial charge in [0.2, 0.25) is 0 Å². The van der Waals surface area contributed by atoms with Gasteiger partial charge in [0.1, 0.15) is 12.4 Å². The van der Waals surface area contributed by atoms with Crippen molar-refractivity contribution in [3.63, 3.8) is 0 Å². The van der Waals surface area contributed by atoms with E-state index < -0.39 is 5.91 Å². The summed E-state index contributed by atoms with van der Waals surface area (Å²) in [6.45, 7) is 8.39. The lowest BCUT2D eigenvalue weighted by molar-refractivity contribution is 0.100. The molecule has 0 bridgehead atoms. The highest BCUT2D eigenvalue weighted by molar-refractivity contribution is 6.01. The minimum Gasteiger partial charge on any atom is -0.488 e. The second-order valence-electron chi connectivity index (χ2n) is 6.85. The van der Waals surface area contributed by atoms with Crippen molar-refractivity contribution in [1.82, 2.24) is 4.98 Å². The molecule has 3 rings (SSSR count). The molecule has 2 N–H and O–H groups in total. The molecule has 0 atom stereocenters. The second-order valence-corrected chi connectivity index (χ2v) is 6.85. The number of carbonyl (C=O) groups is 1. The number of nitrogens with two attached hydrogens (primary N) is 1. The summed E-state index contributed by atoms with van der Waals surface area (Å²) in [6, 6.07) is 14.1. The van der Waals surface area contributed by atoms with Crippen LogP contribution in [0.25, 0.3) is 11.1 Å². The van der Waals surface area contributed by atoms with E-state index in [1.54, 1.807) is 6.20 Å². The number of pyridine rings is 1. The number of aromatic nitrogens is 1. The number of aryl methyl sites for hydroxylation is 3. The average Bonchev–Trinajstić information content (AvgIpc) is 2.63. The minimum absolute atomic E-state index is 0.410. The standard InChI is InChI=1S/C23H24N2O2/c1-14-10-15(2)22(27-13-18-8-6-5-7-9-18)19(11-14)21-16(3)17(4)25-12-20(21)23(24)26/h5-12H,13H2,1-4H3,(H2,24,26). The molecule has 4 nitrogen and oxygen atoms in total. The normalized spacial score (nSPS) is 10.7. The minimum atomic E-state index is -0.492. The number of primary amides is 1. The number of amides is 1. The zero-order valence-electron chi connectivity index (χ0n) is 16.2. The van der Waals surface area contributed by atoms with Crippen LogP contribution in [0.4, 0.5) is 0 Å². The van der Waals surface area contributed by atoms with E-state index in [0.29, 0.717) is 12.2 Å². The van der Waals surface area contributed by atoms with E-state index in [1.807, 2.05) is 64.1 Å². The highest BCUT2D eigenvalue weighted by Crippen LogP contribution is 2.39. The molecular formula is C23H24N2O2. The van der Waals surface area contributed by atoms with Gasteiger partial charge in [0.25, 0.3) is 5.91 Å². The zero-order chi connectivity index (χ0) is 19.6. The van der Waals surface area contributed by atoms with Gasteiger partial charge >= 0.3 is 0 Å². The van der Waals surface area contributed by atoms with E-state index in [0.717, 1.165) is 44.8 Å². The lowest BCUT2D eigenvalue weighted by atomic mass is 9.92. The summed E-state index contributed by atoms with van der Waals surface area (Å²) in [5, 5.41) is 0. The van der Waals surface area contributed by atoms with E-state index in [4.69, 9.17) is 10.5 Å². The first-order valence-electron chi connectivity index (χ1n) is 8.93. The Balaban J connectivity index is 2.16. The van der Waals surface area contributed by atoms with Gasteiger partial charge in [0.05, 0.1) is 5.56 Å². The molecule has 1 amide bonds. The summed E-state index contributed by atoms with van der Waals surface area (Å²) in [5.74, 6) is 0.273. The van der Waals surface area contributed by atoms with Crippen molar-refractivity contribution >= 4 is 5.91 Å². The highest BCUT2D eigenvalue weighted by Gasteiger charge is 2.20. The Morgan fingerprint density at radius 2 is 1.78 bits per heavy atom. The molecule has 0 saturated carbocycles. The maximum absolute atomic E-state index is 12.1. The van der Waals surface area contributed by atoms with Crippen LogP contribution >= 0.6 is 0 Å². The molecule has 138 valence electrons. The van der Waals surface area contributed by atoms with Gasteiger partial charge in [0, 0.05) is 23.0 Å². The zero-order valence-corrected chi connectivity index (χ0v) is 16.2. The molecule has 0 spiro atoms. The third-order valence-electron chi connectivity index (χ3n) is 4.75. The van der Waals surface area contributed by atoms with E-state index in [1.165, 1.54) is 0 Å². The Kier molecular flexibility index (Phi) is 5.26. The van der Waals surface area contributed by atoms with Crippen LogP contribution in [0.2, 0.25) is 0 Å². The second kappa shape index (κ2) is 7.62. The van der Waals surface area contributed by atoms with Crippen LogP contribution in [-0.4, -0.2) is 10.9 Å². The van der Waals surface area contributed by atoms with Crippen molar-refractivity contribution < 1.29 is 9.53 Å². The number of carbonyl (C=O) groups excluding carboxylic acids is 1. The Bertz CT molecular complexity index is 995. The first-order valence-corrected chi connectivity index (χ1v) is 8.93. The number of nitrogens with zero attached hydrogens (tertiary/aromatic N) is 1. The van der Waals surface area contributed by atoms with E-state index in [2.05, 4.69) is 11.1 Å². The summed E-state index contributed by atoms with van der Waals surface area (Å²) in [4.78, 5) is 16.4. The molecule has 1 heterocycles. The molecule has 0 radical (unpaired) electrons. The highest BCUT2D eigenvalue weighted by atomic mass is 16.5. The van der Waals surface area contributed by atoms with Gasteiger partial charge in [0.15, 0.2) is 0 Å². The Labute approximate surface area is 160 Å². The Hall–Kier alpha value is -3.14. The quantitative estimate of drug-likeness (QED) is 0.719. The molecule has 0 unspecified atom stereocenters. The fourth-order valence-corrected chi connectivity index (χ4v) is 3.30. The maximum Gasteiger partial charge on any atom is 0.250 e. The van der Waals surface area contributed by atoms with E-state index >= 15 is 0 Å². The first-order chi connectivity index (χ1) is 12.9. The molecule has 0 aliphatic rings. The van der Waals surface area contributed by atoms with Gasteiger partial charge in [-0.2, -0.15) is 0 Å². The summed E-state index contributed by atoms with van der Waals surface area (Å²) >= 11 is 0. The fourth-order valence-electron chi connectivity index (χ4n) is 3.30. The van der Waals surface area contributed by atoms with Crippen LogP contribution < -0.4 is 10.5 Å². The molecule has 0 saturated heterocycles. The van der Waals surface area contributed by atoms with Crippen LogP contribution in [0.3, 0.4) is 0 Å². The number of rotatable bonds is 5. The van der Waals surface area contributed by atoms with Gasteiger partial charge in [-0.3, -0.25) is 9.78 Å². The van der Waals surface area contributed by atoms with Crippen LogP contribution in [0.1, 0.15) is 38.3 Å². The van der Waals surface area contributed by atoms with Gasteiger partial charge in [-0.1, -0.05) is 36.4 Å². The maximum atomic E-state index is 12.1. The third kappa shape index (κ3) is 3.85. The van der Waals surface area contributed by atoms with Crippen LogP contribution in [0.15, 0.2) is 48.7 Å². The van der Waals surface area contributed by atoms with Gasteiger partial charge in [-0.05, 0) is 56.0 Å². The predicted octanol–water partition coefficient (Wildman–Crippen LogP) is 4.66. The van der Waals surface area contributed by atoms with Gasteiger partial charge < -0.3 is 10.5 Å². The van der Waals surface area contributed by atoms with Crippen LogP contribution in [0, 0.1) is 27.7 Å². The SMILES string of the molecule is Cc1cc(C)c(OCc2ccccc2)c(-c2c(C(N)=O)cnc(C)c2C)c1. The summed E-state index contributed by atoms with van der Waals surface area (Å²) in [6.07, 6.45) is 1.55. The molecule has 1 aromatic heterocycles. The molecule has 0 aliphatic carbocycles. The molecule has 27 heavy (non-hydrogen) atoms. The van der Waals surface area contributed by atoms with E-state index in [-0.39, 0.29) is 0 Å². The number of ether oxygens (including phenoxy) is 1. The topological polar surface area (TPSA) is 65.2 Å². The summed E-state index contributed by atoms with van der Waals surface area (Å²) in [5.41, 5.74) is 12.7. The van der Waals surface area contributed by atoms with Crippen molar-refractivity contribution in [2.45, 2.75) is 34.3 Å². The lowest BCUT2D eigenvalue weighted by Crippen LogP contribution is -2.15. The number of benzene rings is 2. The lowest BCUT2D eigenvalue weighted by Gasteiger charge is -2.19. The van der Waals surface area contributed by atoms with Crippen LogP contribution in [-0.2, 0) is 6.61 Å². The number of hydrogen-bond acceptors (Lipinski definition) is 3. The number of hydrogen-bond donors (Lipinski definition) is 1. The molecule has 0 fully saturated rings. The monoisotopic (exact) mass is 360 g/mol. The Morgan fingerprint density at radius 3 is 2.44 bits per heavy atom. The summed E-state index contributed by atoms with van der Waals surface area (Å²) in [7, 11) is 0. The van der Waals surface area contributed by atoms with Crippen molar-refractivity contribution in [1.29, 1.82) is 0 Å². The van der Waals surface area contributed by atoms with E-state index in [9.17, 15) is 4.79 Å². The van der Waals surface area contributed by atoms with Gasteiger partial charge in [-0.25, -0.2) is 0 Å². The molecule has 3 aromatic rings. The molecule has 2 aromatic carbocycles. The van der Waals surface area contributed by atoms with Crippen molar-refractivity contribution in [2.24, 2.45) is 5.73 Å². The van der Waals surface area contributed by atoms with Crippen molar-refractivity contribution in [2.75, 3.05) is 0 Å². The van der Waals surface area contributed by atoms with Gasteiger partial charge in [-0.15, -0.1) is 0 Å². The Morgan fingerprint density at radius 1 is 1.07 bits per heavy atom. The largest absolute Gasteiger partial charge is 0.488 e. The van der Waals surface area contributed by atoms with Crippen molar-refractivity contribution in [3.8, 4) is 16.9 Å². The van der Waals surface area contributed by atoms with Crippen molar-refractivity contribution in [3.05, 3.63) is 82.2 Å². The third-order valence-corrected chi connectivity index (χ3v) is 4.75. The first kappa shape index (κ1) is 18.6. The smallest absolute Gasteiger partial charge is 0.250 e. The predicted molar refractivity (Wildman–Crippen MR) is 108 cm³/mol.